The highest BCUT2D eigenvalue weighted by Gasteiger charge is 2.11. The third-order valence-electron chi connectivity index (χ3n) is 4.37. The lowest BCUT2D eigenvalue weighted by atomic mass is 10.1. The van der Waals surface area contributed by atoms with Gasteiger partial charge in [0.05, 0.1) is 7.05 Å². The van der Waals surface area contributed by atoms with Gasteiger partial charge in [-0.25, -0.2) is 0 Å². The van der Waals surface area contributed by atoms with Gasteiger partial charge in [-0.3, -0.25) is 9.59 Å². The van der Waals surface area contributed by atoms with Crippen LogP contribution in [0.5, 0.6) is 0 Å². The Labute approximate surface area is 171 Å². The van der Waals surface area contributed by atoms with Crippen LogP contribution in [0.2, 0.25) is 0 Å². The monoisotopic (exact) mass is 400 g/mol. The van der Waals surface area contributed by atoms with E-state index in [0.29, 0.717) is 18.7 Å². The van der Waals surface area contributed by atoms with E-state index in [4.69, 9.17) is 0 Å². The molecular weight excluding hydrogens is 370 g/mol. The van der Waals surface area contributed by atoms with Gasteiger partial charge in [0.2, 0.25) is 0 Å². The van der Waals surface area contributed by atoms with Crippen molar-refractivity contribution in [1.82, 2.24) is 10.6 Å². The summed E-state index contributed by atoms with van der Waals surface area (Å²) in [5, 5.41) is 5.60. The van der Waals surface area contributed by atoms with Crippen molar-refractivity contribution < 1.29 is 14.5 Å². The first-order valence-corrected chi connectivity index (χ1v) is 10.7. The summed E-state index contributed by atoms with van der Waals surface area (Å²) in [5.74, 6) is 1.84. The predicted molar refractivity (Wildman–Crippen MR) is 116 cm³/mol. The van der Waals surface area contributed by atoms with E-state index in [1.165, 1.54) is 11.1 Å². The number of hydrogen-bond acceptors (Lipinski definition) is 3. The van der Waals surface area contributed by atoms with Crippen LogP contribution in [0, 0.1) is 6.92 Å². The highest BCUT2D eigenvalue weighted by atomic mass is 32.2. The third kappa shape index (κ3) is 7.74. The number of aryl methyl sites for hydroxylation is 1. The molecule has 2 aromatic rings. The molecule has 1 atom stereocenters. The fourth-order valence-electron chi connectivity index (χ4n) is 2.80. The second-order valence-corrected chi connectivity index (χ2v) is 8.08. The molecule has 0 aliphatic carbocycles. The average Bonchev–Trinajstić information content (AvgIpc) is 2.69. The zero-order valence-electron chi connectivity index (χ0n) is 16.9. The van der Waals surface area contributed by atoms with Crippen LogP contribution < -0.4 is 15.5 Å². The van der Waals surface area contributed by atoms with Crippen LogP contribution in [0.25, 0.3) is 0 Å². The molecule has 0 saturated heterocycles. The van der Waals surface area contributed by atoms with E-state index >= 15 is 0 Å². The minimum Gasteiger partial charge on any atom is -0.355 e. The van der Waals surface area contributed by atoms with E-state index in [9.17, 15) is 9.59 Å². The number of hydrogen-bond donors (Lipinski definition) is 3. The van der Waals surface area contributed by atoms with Gasteiger partial charge in [-0.05, 0) is 24.6 Å². The molecule has 0 aliphatic rings. The second-order valence-electron chi connectivity index (χ2n) is 6.97. The maximum absolute atomic E-state index is 12.1. The Balaban J connectivity index is 1.62. The Morgan fingerprint density at radius 3 is 2.29 bits per heavy atom. The Bertz CT molecular complexity index is 760. The third-order valence-corrected chi connectivity index (χ3v) is 5.40. The first-order valence-electron chi connectivity index (χ1n) is 9.50. The molecule has 0 heterocycles. The van der Waals surface area contributed by atoms with E-state index in [1.54, 1.807) is 7.05 Å². The molecule has 0 radical (unpaired) electrons. The molecule has 0 aliphatic heterocycles. The number of benzene rings is 2. The summed E-state index contributed by atoms with van der Waals surface area (Å²) in [6.07, 6.45) is 0. The number of likely N-dealkylation sites (N-methyl/N-ethyl adjacent to an activating group) is 1. The summed E-state index contributed by atoms with van der Waals surface area (Å²) in [6, 6.07) is 16.1. The summed E-state index contributed by atoms with van der Waals surface area (Å²) in [6.45, 7) is 3.94. The number of quaternary nitrogens is 1. The molecular formula is C22H30N3O2S+. The largest absolute Gasteiger partial charge is 0.355 e. The number of carbonyl (C=O) groups is 2. The van der Waals surface area contributed by atoms with Crippen LogP contribution in [-0.4, -0.2) is 44.8 Å². The maximum Gasteiger partial charge on any atom is 0.275 e. The first kappa shape index (κ1) is 22.0. The van der Waals surface area contributed by atoms with Gasteiger partial charge in [-0.2, -0.15) is 11.8 Å². The highest BCUT2D eigenvalue weighted by Crippen LogP contribution is 2.12. The van der Waals surface area contributed by atoms with Gasteiger partial charge < -0.3 is 15.5 Å². The molecule has 1 unspecified atom stereocenters. The van der Waals surface area contributed by atoms with Crippen LogP contribution in [0.15, 0.2) is 48.5 Å². The zero-order valence-corrected chi connectivity index (χ0v) is 17.7. The fourth-order valence-corrected chi connectivity index (χ4v) is 3.62. The Morgan fingerprint density at radius 1 is 1.00 bits per heavy atom. The molecule has 28 heavy (non-hydrogen) atoms. The molecule has 2 aromatic carbocycles. The van der Waals surface area contributed by atoms with Crippen LogP contribution >= 0.6 is 11.8 Å². The second kappa shape index (κ2) is 11.5. The summed E-state index contributed by atoms with van der Waals surface area (Å²) >= 11 is 1.83. The van der Waals surface area contributed by atoms with Crippen molar-refractivity contribution in [3.8, 4) is 0 Å². The van der Waals surface area contributed by atoms with Crippen molar-refractivity contribution in [1.29, 1.82) is 0 Å². The van der Waals surface area contributed by atoms with E-state index in [2.05, 4.69) is 41.8 Å². The normalized spacial score (nSPS) is 11.7. The Morgan fingerprint density at radius 2 is 1.64 bits per heavy atom. The number of nitrogens with one attached hydrogen (secondary N) is 3. The Kier molecular flexibility index (Phi) is 9.04. The van der Waals surface area contributed by atoms with Crippen molar-refractivity contribution in [2.45, 2.75) is 19.2 Å². The topological polar surface area (TPSA) is 62.6 Å². The number of amides is 2. The van der Waals surface area contributed by atoms with Gasteiger partial charge >= 0.3 is 0 Å². The van der Waals surface area contributed by atoms with E-state index in [0.717, 1.165) is 28.5 Å². The van der Waals surface area contributed by atoms with Crippen molar-refractivity contribution >= 4 is 23.6 Å². The molecule has 0 fully saturated rings. The lowest BCUT2D eigenvalue weighted by molar-refractivity contribution is -0.885. The molecule has 0 spiro atoms. The van der Waals surface area contributed by atoms with Gasteiger partial charge in [0.1, 0.15) is 6.54 Å². The minimum absolute atomic E-state index is 0.0652. The van der Waals surface area contributed by atoms with Crippen LogP contribution in [0.4, 0.5) is 0 Å². The molecule has 0 bridgehead atoms. The van der Waals surface area contributed by atoms with E-state index in [-0.39, 0.29) is 11.8 Å². The lowest BCUT2D eigenvalue weighted by Gasteiger charge is -2.14. The van der Waals surface area contributed by atoms with Gasteiger partial charge in [-0.15, -0.1) is 0 Å². The average molecular weight is 401 g/mol. The van der Waals surface area contributed by atoms with E-state index < -0.39 is 0 Å². The summed E-state index contributed by atoms with van der Waals surface area (Å²) in [4.78, 5) is 24.8. The van der Waals surface area contributed by atoms with Crippen LogP contribution in [0.3, 0.4) is 0 Å². The minimum atomic E-state index is -0.0909. The van der Waals surface area contributed by atoms with Gasteiger partial charge in [0.25, 0.3) is 11.8 Å². The standard InChI is InChI=1S/C22H29N3O2S/c1-17-4-6-19(7-5-17)16-28-13-12-24-21(26)15-25(3)14-18-8-10-20(11-9-18)22(27)23-2/h4-11H,12-16H2,1-3H3,(H,23,27)(H,24,26)/p+1. The zero-order chi connectivity index (χ0) is 20.4. The first-order chi connectivity index (χ1) is 13.5. The van der Waals surface area contributed by atoms with Crippen molar-refractivity contribution in [3.05, 3.63) is 70.8 Å². The van der Waals surface area contributed by atoms with Gasteiger partial charge in [-0.1, -0.05) is 42.0 Å². The Hall–Kier alpha value is -2.31. The van der Waals surface area contributed by atoms with E-state index in [1.807, 2.05) is 43.1 Å². The molecule has 6 heteroatoms. The molecule has 2 rings (SSSR count). The predicted octanol–water partition coefficient (Wildman–Crippen LogP) is 1.42. The maximum atomic E-state index is 12.1. The van der Waals surface area contributed by atoms with Crippen molar-refractivity contribution in [2.24, 2.45) is 0 Å². The quantitative estimate of drug-likeness (QED) is 0.529. The molecule has 0 saturated carbocycles. The SMILES string of the molecule is CNC(=O)c1ccc(C[NH+](C)CC(=O)NCCSCc2ccc(C)cc2)cc1. The smallest absolute Gasteiger partial charge is 0.275 e. The van der Waals surface area contributed by atoms with Crippen LogP contribution in [0.1, 0.15) is 27.0 Å². The van der Waals surface area contributed by atoms with Crippen molar-refractivity contribution in [2.75, 3.05) is 32.9 Å². The molecule has 2 amide bonds. The summed E-state index contributed by atoms with van der Waals surface area (Å²) in [7, 11) is 3.62. The number of rotatable bonds is 10. The molecule has 0 aromatic heterocycles. The fraction of sp³-hybridized carbons (Fsp3) is 0.364. The van der Waals surface area contributed by atoms with Crippen molar-refractivity contribution in [3.63, 3.8) is 0 Å². The lowest BCUT2D eigenvalue weighted by Crippen LogP contribution is -3.08. The van der Waals surface area contributed by atoms with Gasteiger partial charge in [0, 0.05) is 36.2 Å². The molecule has 5 nitrogen and oxygen atoms in total. The highest BCUT2D eigenvalue weighted by molar-refractivity contribution is 7.98. The summed E-state index contributed by atoms with van der Waals surface area (Å²) < 4.78 is 0. The number of carbonyl (C=O) groups excluding carboxylic acids is 2. The molecule has 3 N–H and O–H groups in total. The van der Waals surface area contributed by atoms with Gasteiger partial charge in [0.15, 0.2) is 6.54 Å². The molecule has 150 valence electrons. The van der Waals surface area contributed by atoms with Crippen LogP contribution in [-0.2, 0) is 17.1 Å². The number of thioether (sulfide) groups is 1. The summed E-state index contributed by atoms with van der Waals surface area (Å²) in [5.41, 5.74) is 4.33.